The number of methoxy groups -OCH3 is 1. The second-order valence-corrected chi connectivity index (χ2v) is 30.6. The molecule has 0 saturated heterocycles. The highest BCUT2D eigenvalue weighted by molar-refractivity contribution is 9.10. The van der Waals surface area contributed by atoms with Crippen LogP contribution in [0.5, 0.6) is 52.0 Å². The first-order chi connectivity index (χ1) is 59.1. The maximum Gasteiger partial charge on any atom is 0.320 e. The molecule has 1 unspecified atom stereocenters. The first-order valence-electron chi connectivity index (χ1n) is 42.0. The zero-order valence-corrected chi connectivity index (χ0v) is 72.6. The van der Waals surface area contributed by atoms with Crippen molar-refractivity contribution in [1.29, 1.82) is 0 Å². The van der Waals surface area contributed by atoms with Gasteiger partial charge in [-0.2, -0.15) is 9.97 Å². The van der Waals surface area contributed by atoms with Crippen molar-refractivity contribution in [3.05, 3.63) is 190 Å². The number of phenols is 5. The summed E-state index contributed by atoms with van der Waals surface area (Å²) in [6.07, 6.45) is 18.9. The number of benzene rings is 8. The summed E-state index contributed by atoms with van der Waals surface area (Å²) in [6, 6.07) is 46.1. The first kappa shape index (κ1) is 94.1. The number of rotatable bonds is 43. The molecule has 25 nitrogen and oxygen atoms in total. The topological polar surface area (TPSA) is 367 Å². The summed E-state index contributed by atoms with van der Waals surface area (Å²) in [6.45, 7) is 15.7. The molecular formula is C96H114BrN9O16. The number of aliphatic hydroxyl groups excluding tert-OH is 3. The fraction of sp³-hybridized carbons (Fsp3) is 0.385. The highest BCUT2D eigenvalue weighted by Gasteiger charge is 2.23. The summed E-state index contributed by atoms with van der Waals surface area (Å²) < 4.78 is 32.4. The lowest BCUT2D eigenvalue weighted by atomic mass is 10.0. The van der Waals surface area contributed by atoms with E-state index in [1.165, 1.54) is 81.0 Å². The van der Waals surface area contributed by atoms with Crippen LogP contribution in [0.25, 0.3) is 91.1 Å². The fourth-order valence-electron chi connectivity index (χ4n) is 13.4. The third-order valence-electron chi connectivity index (χ3n) is 19.9. The molecule has 0 amide bonds. The molecule has 0 aliphatic rings. The van der Waals surface area contributed by atoms with Crippen LogP contribution in [0.1, 0.15) is 176 Å². The molecule has 0 spiro atoms. The zero-order chi connectivity index (χ0) is 87.3. The smallest absolute Gasteiger partial charge is 0.320 e. The number of carbonyl (C=O) groups is 2. The standard InChI is InChI=1S/C37H46BrN3O4.C31H35N3O3.C28H33N3O9/c38-32-25-31(44)26-33(45)34(32)37-40-35(29-19-15-27(16-20-29)13-9-5-1-3-7-11-23-42)39-36(41-37)30-21-17-28(18-22-30)14-10-6-2-4-8-12-24-43;1-6-7-8-23(35)18-37-24-11-14-27(28(36)17-24)31-33-29(25-12-9-19(2)15-21(25)4)32-30(34-31)26-13-10-20(3)16-22(26)5;1-4-37-24(34)8-6-14-39-18-10-12-20(22(32)16-18)26-29-27(31-28(30-26)36-3)21-13-11-19(17-23(21)33)40-15-7-9-25(35)38-5-2/h15-22,25-26,42-45H,1-14,23-24H2;9-17,23,35-36H,6-8,18H2,1-5H3;10-13,16-17,32-33H,4-9,14-15H2,1-3H3. The molecule has 0 aliphatic heterocycles. The molecule has 11 aromatic rings. The van der Waals surface area contributed by atoms with Crippen LogP contribution in [-0.4, -0.2) is 157 Å². The maximum atomic E-state index is 11.4. The Labute approximate surface area is 722 Å². The van der Waals surface area contributed by atoms with Gasteiger partial charge in [-0.25, -0.2) is 34.9 Å². The number of hydrogen-bond donors (Lipinski definition) is 8. The van der Waals surface area contributed by atoms with E-state index in [4.69, 9.17) is 68.5 Å². The van der Waals surface area contributed by atoms with Gasteiger partial charge in [0, 0.05) is 77.0 Å². The van der Waals surface area contributed by atoms with Crippen LogP contribution < -0.4 is 18.9 Å². The number of ether oxygens (including phenoxy) is 6. The van der Waals surface area contributed by atoms with Gasteiger partial charge in [-0.15, -0.1) is 0 Å². The van der Waals surface area contributed by atoms with E-state index in [0.717, 1.165) is 109 Å². The van der Waals surface area contributed by atoms with Gasteiger partial charge in [0.2, 0.25) is 0 Å². The highest BCUT2D eigenvalue weighted by Crippen LogP contribution is 2.41. The number of nitrogens with zero attached hydrogens (tertiary/aromatic N) is 9. The van der Waals surface area contributed by atoms with Crippen molar-refractivity contribution in [3.8, 4) is 143 Å². The lowest BCUT2D eigenvalue weighted by Gasteiger charge is -2.14. The van der Waals surface area contributed by atoms with Gasteiger partial charge in [0.15, 0.2) is 46.6 Å². The molecule has 0 saturated carbocycles. The molecule has 3 heterocycles. The molecule has 646 valence electrons. The second kappa shape index (κ2) is 49.3. The van der Waals surface area contributed by atoms with E-state index in [9.17, 15) is 40.2 Å². The van der Waals surface area contributed by atoms with E-state index in [1.54, 1.807) is 56.3 Å². The Kier molecular flexibility index (Phi) is 38.0. The quantitative estimate of drug-likeness (QED) is 0.0130. The minimum absolute atomic E-state index is 0.00454. The number of aryl methyl sites for hydroxylation is 6. The second-order valence-electron chi connectivity index (χ2n) is 29.8. The number of hydrogen-bond acceptors (Lipinski definition) is 25. The summed E-state index contributed by atoms with van der Waals surface area (Å²) in [5.41, 5.74) is 12.0. The maximum absolute atomic E-state index is 11.4. The van der Waals surface area contributed by atoms with E-state index in [1.807, 2.05) is 62.4 Å². The van der Waals surface area contributed by atoms with Crippen molar-refractivity contribution in [2.45, 2.75) is 189 Å². The molecule has 0 aliphatic carbocycles. The average molecular weight is 1730 g/mol. The van der Waals surface area contributed by atoms with Crippen LogP contribution in [0.3, 0.4) is 0 Å². The van der Waals surface area contributed by atoms with Crippen molar-refractivity contribution in [3.63, 3.8) is 0 Å². The third-order valence-corrected chi connectivity index (χ3v) is 20.6. The van der Waals surface area contributed by atoms with E-state index < -0.39 is 6.10 Å². The largest absolute Gasteiger partial charge is 0.508 e. The number of phenolic OH excluding ortho intramolecular Hbond substituents is 5. The lowest BCUT2D eigenvalue weighted by Crippen LogP contribution is -2.17. The Morgan fingerprint density at radius 3 is 1.16 bits per heavy atom. The monoisotopic (exact) mass is 1730 g/mol. The van der Waals surface area contributed by atoms with Gasteiger partial charge in [-0.3, -0.25) is 9.59 Å². The first-order valence-corrected chi connectivity index (χ1v) is 42.8. The molecule has 8 N–H and O–H groups in total. The zero-order valence-electron chi connectivity index (χ0n) is 71.1. The van der Waals surface area contributed by atoms with Crippen molar-refractivity contribution in [1.82, 2.24) is 44.9 Å². The molecule has 8 aromatic carbocycles. The molecule has 122 heavy (non-hydrogen) atoms. The molecule has 0 fully saturated rings. The molecule has 26 heteroatoms. The average Bonchev–Trinajstić information content (AvgIpc) is 0.799. The fourth-order valence-corrected chi connectivity index (χ4v) is 14.0. The molecule has 0 radical (unpaired) electrons. The Morgan fingerprint density at radius 1 is 0.393 bits per heavy atom. The number of unbranched alkanes of at least 4 members (excludes halogenated alkanes) is 11. The minimum Gasteiger partial charge on any atom is -0.508 e. The van der Waals surface area contributed by atoms with E-state index in [2.05, 4.69) is 88.1 Å². The lowest BCUT2D eigenvalue weighted by molar-refractivity contribution is -0.144. The van der Waals surface area contributed by atoms with Gasteiger partial charge in [0.1, 0.15) is 52.6 Å². The van der Waals surface area contributed by atoms with Gasteiger partial charge < -0.3 is 69.3 Å². The van der Waals surface area contributed by atoms with Crippen LogP contribution in [-0.2, 0) is 31.9 Å². The normalized spacial score (nSPS) is 11.2. The van der Waals surface area contributed by atoms with E-state index in [-0.39, 0.29) is 104 Å². The van der Waals surface area contributed by atoms with Crippen molar-refractivity contribution >= 4 is 27.9 Å². The number of carbonyl (C=O) groups excluding carboxylic acids is 2. The van der Waals surface area contributed by atoms with Crippen molar-refractivity contribution in [2.75, 3.05) is 53.4 Å². The van der Waals surface area contributed by atoms with Crippen molar-refractivity contribution < 1.29 is 78.9 Å². The molecule has 11 rings (SSSR count). The number of aromatic nitrogens is 9. The summed E-state index contributed by atoms with van der Waals surface area (Å²) in [5.74, 6) is 3.31. The van der Waals surface area contributed by atoms with Crippen LogP contribution in [0.15, 0.2) is 156 Å². The predicted octanol–water partition coefficient (Wildman–Crippen LogP) is 19.6. The van der Waals surface area contributed by atoms with E-state index in [0.29, 0.717) is 111 Å². The minimum atomic E-state index is -0.536. The molecule has 1 atom stereocenters. The molecular weight excluding hydrogens is 1620 g/mol. The van der Waals surface area contributed by atoms with Gasteiger partial charge in [0.25, 0.3) is 0 Å². The Hall–Kier alpha value is -11.7. The number of esters is 2. The molecule has 3 aromatic heterocycles. The van der Waals surface area contributed by atoms with Gasteiger partial charge in [-0.1, -0.05) is 167 Å². The Bertz CT molecular complexity index is 4910. The Morgan fingerprint density at radius 2 is 0.770 bits per heavy atom. The van der Waals surface area contributed by atoms with Crippen LogP contribution in [0.4, 0.5) is 0 Å². The van der Waals surface area contributed by atoms with Crippen LogP contribution >= 0.6 is 15.9 Å². The summed E-state index contributed by atoms with van der Waals surface area (Å²) in [5, 5.41) is 80.9. The predicted molar refractivity (Wildman–Crippen MR) is 475 cm³/mol. The van der Waals surface area contributed by atoms with Gasteiger partial charge >= 0.3 is 17.9 Å². The van der Waals surface area contributed by atoms with Crippen molar-refractivity contribution in [2.24, 2.45) is 0 Å². The summed E-state index contributed by atoms with van der Waals surface area (Å²) in [7, 11) is 1.39. The van der Waals surface area contributed by atoms with Crippen LogP contribution in [0, 0.1) is 27.7 Å². The summed E-state index contributed by atoms with van der Waals surface area (Å²) in [4.78, 5) is 64.5. The molecule has 0 bridgehead atoms. The van der Waals surface area contributed by atoms with Gasteiger partial charge in [-0.05, 0) is 180 Å². The summed E-state index contributed by atoms with van der Waals surface area (Å²) >= 11 is 3.47. The highest BCUT2D eigenvalue weighted by atomic mass is 79.9. The number of aliphatic hydroxyl groups is 3. The third kappa shape index (κ3) is 29.3. The van der Waals surface area contributed by atoms with E-state index >= 15 is 0 Å². The number of aromatic hydroxyl groups is 5. The SMILES string of the molecule is CCCCC(O)COc1ccc(-c2nc(-c3ccc(C)cc3C)nc(-c3ccc(C)cc3C)n2)c(O)c1.CCOC(=O)CCCOc1ccc(-c2nc(OC)nc(-c3ccc(OCCCC(=O)OCC)cc3O)n2)c(O)c1.OCCCCCCCCc1ccc(-c2nc(-c3ccc(CCCCCCCCO)cc3)nc(-c3c(O)cc(O)cc3Br)n2)cc1. The Balaban J connectivity index is 0.000000209. The van der Waals surface area contributed by atoms with Crippen LogP contribution in [0.2, 0.25) is 0 Å². The van der Waals surface area contributed by atoms with Gasteiger partial charge in [0.05, 0.1) is 61.9 Å². The number of halogens is 1.